The number of amides is 1. The summed E-state index contributed by atoms with van der Waals surface area (Å²) in [5.74, 6) is 1.40. The molecule has 3 aromatic rings. The predicted molar refractivity (Wildman–Crippen MR) is 146 cm³/mol. The lowest BCUT2D eigenvalue weighted by Crippen LogP contribution is -2.57. The van der Waals surface area contributed by atoms with Crippen molar-refractivity contribution in [3.8, 4) is 11.1 Å². The van der Waals surface area contributed by atoms with E-state index in [9.17, 15) is 9.59 Å². The van der Waals surface area contributed by atoms with Crippen LogP contribution in [0.5, 0.6) is 0 Å². The summed E-state index contributed by atoms with van der Waals surface area (Å²) in [4.78, 5) is 30.4. The van der Waals surface area contributed by atoms with Crippen molar-refractivity contribution in [2.45, 2.75) is 71.1 Å². The minimum Gasteiger partial charge on any atom is -0.310 e. The number of aromatic nitrogens is 3. The van der Waals surface area contributed by atoms with Crippen molar-refractivity contribution in [3.05, 3.63) is 40.9 Å². The van der Waals surface area contributed by atoms with E-state index in [-0.39, 0.29) is 29.1 Å². The lowest BCUT2D eigenvalue weighted by Gasteiger charge is -2.61. The summed E-state index contributed by atoms with van der Waals surface area (Å²) in [5, 5.41) is 8.45. The predicted octanol–water partition coefficient (Wildman–Crippen LogP) is 7.06. The minimum absolute atomic E-state index is 0.00225. The van der Waals surface area contributed by atoms with Gasteiger partial charge in [-0.2, -0.15) is 5.10 Å². The number of nitrogens with zero attached hydrogens (tertiary/aromatic N) is 3. The first kappa shape index (κ1) is 25.5. The summed E-state index contributed by atoms with van der Waals surface area (Å²) in [5.41, 5.74) is 2.48. The molecule has 2 bridgehead atoms. The molecule has 1 amide bonds. The van der Waals surface area contributed by atoms with Crippen LogP contribution in [0, 0.1) is 29.0 Å². The Morgan fingerprint density at radius 2 is 1.97 bits per heavy atom. The largest absolute Gasteiger partial charge is 0.310 e. The van der Waals surface area contributed by atoms with Crippen LogP contribution in [-0.2, 0) is 16.6 Å². The number of fused-ring (bicyclic) bond motifs is 1. The number of carbonyl (C=O) groups excluding carboxylic acids is 2. The van der Waals surface area contributed by atoms with Gasteiger partial charge in [0, 0.05) is 47.6 Å². The van der Waals surface area contributed by atoms with E-state index in [0.29, 0.717) is 39.7 Å². The van der Waals surface area contributed by atoms with Crippen LogP contribution < -0.4 is 5.32 Å². The highest BCUT2D eigenvalue weighted by Crippen LogP contribution is 2.65. The van der Waals surface area contributed by atoms with Gasteiger partial charge in [-0.05, 0) is 80.0 Å². The molecule has 8 heteroatoms. The number of pyridine rings is 1. The second kappa shape index (κ2) is 9.44. The van der Waals surface area contributed by atoms with Crippen molar-refractivity contribution in [1.29, 1.82) is 0 Å². The molecule has 7 rings (SSSR count). The summed E-state index contributed by atoms with van der Waals surface area (Å²) in [7, 11) is 1.82. The molecule has 38 heavy (non-hydrogen) atoms. The fraction of sp³-hybridized carbons (Fsp3) is 0.533. The van der Waals surface area contributed by atoms with Gasteiger partial charge in [0.1, 0.15) is 17.1 Å². The highest BCUT2D eigenvalue weighted by atomic mass is 35.5. The third-order valence-electron chi connectivity index (χ3n) is 9.16. The molecule has 4 aliphatic rings. The number of benzene rings is 1. The molecule has 4 fully saturated rings. The van der Waals surface area contributed by atoms with Crippen LogP contribution in [0.2, 0.25) is 5.02 Å². The molecule has 1 aromatic carbocycles. The Morgan fingerprint density at radius 1 is 1.21 bits per heavy atom. The summed E-state index contributed by atoms with van der Waals surface area (Å²) in [6.45, 7) is 4.10. The van der Waals surface area contributed by atoms with Gasteiger partial charge in [-0.25, -0.2) is 9.37 Å². The summed E-state index contributed by atoms with van der Waals surface area (Å²) < 4.78 is 16.8. The van der Waals surface area contributed by atoms with Crippen molar-refractivity contribution < 1.29 is 14.0 Å². The molecule has 0 saturated heterocycles. The van der Waals surface area contributed by atoms with Crippen molar-refractivity contribution in [2.24, 2.45) is 30.2 Å². The van der Waals surface area contributed by atoms with E-state index in [1.54, 1.807) is 10.7 Å². The quantitative estimate of drug-likeness (QED) is 0.351. The average molecular weight is 537 g/mol. The highest BCUT2D eigenvalue weighted by molar-refractivity contribution is 6.33. The van der Waals surface area contributed by atoms with Gasteiger partial charge in [-0.3, -0.25) is 14.3 Å². The Morgan fingerprint density at radius 3 is 2.66 bits per heavy atom. The maximum absolute atomic E-state index is 15.1. The molecule has 0 radical (unpaired) electrons. The zero-order valence-corrected chi connectivity index (χ0v) is 22.9. The van der Waals surface area contributed by atoms with Crippen LogP contribution in [0.25, 0.3) is 22.0 Å². The highest BCUT2D eigenvalue weighted by Gasteiger charge is 2.60. The van der Waals surface area contributed by atoms with Gasteiger partial charge in [0.25, 0.3) is 0 Å². The fourth-order valence-corrected chi connectivity index (χ4v) is 7.30. The van der Waals surface area contributed by atoms with Crippen molar-refractivity contribution in [2.75, 3.05) is 5.32 Å². The van der Waals surface area contributed by atoms with Crippen LogP contribution in [0.3, 0.4) is 0 Å². The maximum atomic E-state index is 15.1. The Labute approximate surface area is 227 Å². The van der Waals surface area contributed by atoms with Crippen LogP contribution in [-0.4, -0.2) is 26.5 Å². The Balaban J connectivity index is 1.19. The van der Waals surface area contributed by atoms with E-state index < -0.39 is 5.82 Å². The third-order valence-corrected chi connectivity index (χ3v) is 9.46. The number of Topliss-reactive ketones (excluding diaryl/α,β-unsaturated/α-hetero) is 1. The summed E-state index contributed by atoms with van der Waals surface area (Å²) >= 11 is 6.50. The number of aryl methyl sites for hydroxylation is 1. The number of carbonyl (C=O) groups is 2. The van der Waals surface area contributed by atoms with E-state index in [4.69, 9.17) is 11.6 Å². The Kier molecular flexibility index (Phi) is 6.33. The molecule has 4 saturated carbocycles. The molecule has 6 nitrogen and oxygen atoms in total. The number of nitrogens with one attached hydrogen (secondary N) is 1. The van der Waals surface area contributed by atoms with E-state index in [1.165, 1.54) is 12.3 Å². The molecule has 2 heterocycles. The van der Waals surface area contributed by atoms with Gasteiger partial charge in [-0.15, -0.1) is 0 Å². The molecule has 4 aliphatic carbocycles. The first-order valence-corrected chi connectivity index (χ1v) is 14.2. The molecule has 2 atom stereocenters. The van der Waals surface area contributed by atoms with Gasteiger partial charge in [-0.1, -0.05) is 31.9 Å². The van der Waals surface area contributed by atoms with Crippen molar-refractivity contribution in [1.82, 2.24) is 14.8 Å². The molecule has 1 N–H and O–H groups in total. The Hall–Kier alpha value is -2.80. The number of hydrogen-bond acceptors (Lipinski definition) is 4. The topological polar surface area (TPSA) is 76.9 Å². The van der Waals surface area contributed by atoms with Gasteiger partial charge in [0.2, 0.25) is 5.91 Å². The normalized spacial score (nSPS) is 26.2. The Bertz CT molecular complexity index is 1430. The third kappa shape index (κ3) is 4.33. The summed E-state index contributed by atoms with van der Waals surface area (Å²) in [6, 6.07) is 5.04. The lowest BCUT2D eigenvalue weighted by atomic mass is 9.42. The van der Waals surface area contributed by atoms with Crippen LogP contribution in [0.4, 0.5) is 10.2 Å². The van der Waals surface area contributed by atoms with Gasteiger partial charge in [0.15, 0.2) is 5.82 Å². The van der Waals surface area contributed by atoms with Crippen LogP contribution >= 0.6 is 11.6 Å². The molecule has 200 valence electrons. The maximum Gasteiger partial charge on any atom is 0.228 e. The molecule has 0 spiro atoms. The van der Waals surface area contributed by atoms with E-state index in [2.05, 4.69) is 29.2 Å². The standard InChI is InChI=1S/C30H34ClFN4O2/c1-16(2)28-22-9-20(10-24(32)27(22)35-36(28)3)21-11-26(33-15-23(21)31)34-29(38)19-6-4-5-17(7-19)8-25(37)30-12-18(13-30)14-30/h9-11,15-19H,4-8,12-14H2,1-3H3,(H,33,34,38)/t17-,18?,19+,30?/m1/s1. The molecule has 0 aliphatic heterocycles. The number of ketones is 1. The summed E-state index contributed by atoms with van der Waals surface area (Å²) in [6.07, 6.45) is 8.88. The fourth-order valence-electron chi connectivity index (χ4n) is 7.08. The molecular weight excluding hydrogens is 503 g/mol. The monoisotopic (exact) mass is 536 g/mol. The average Bonchev–Trinajstić information content (AvgIpc) is 3.15. The number of rotatable bonds is 7. The van der Waals surface area contributed by atoms with E-state index in [0.717, 1.165) is 61.9 Å². The first-order chi connectivity index (χ1) is 18.1. The zero-order chi connectivity index (χ0) is 26.8. The molecular formula is C30H34ClFN4O2. The number of halogens is 2. The van der Waals surface area contributed by atoms with Gasteiger partial charge >= 0.3 is 0 Å². The second-order valence-electron chi connectivity index (χ2n) is 12.2. The van der Waals surface area contributed by atoms with E-state index in [1.807, 2.05) is 13.1 Å². The molecule has 0 unspecified atom stereocenters. The van der Waals surface area contributed by atoms with Crippen molar-refractivity contribution >= 4 is 40.0 Å². The zero-order valence-electron chi connectivity index (χ0n) is 22.2. The smallest absolute Gasteiger partial charge is 0.228 e. The van der Waals surface area contributed by atoms with Gasteiger partial charge < -0.3 is 5.32 Å². The molecule has 2 aromatic heterocycles. The van der Waals surface area contributed by atoms with Crippen molar-refractivity contribution in [3.63, 3.8) is 0 Å². The van der Waals surface area contributed by atoms with Crippen LogP contribution in [0.1, 0.15) is 76.8 Å². The SMILES string of the molecule is CC(C)c1c2cc(-c3cc(NC(=O)[C@H]4CCC[C@@H](CC(=O)C56CC(C5)C6)C4)ncc3Cl)cc(F)c2nn1C. The number of hydrogen-bond donors (Lipinski definition) is 1. The minimum atomic E-state index is -0.417. The van der Waals surface area contributed by atoms with Crippen LogP contribution in [0.15, 0.2) is 24.4 Å². The first-order valence-electron chi connectivity index (χ1n) is 13.8. The van der Waals surface area contributed by atoms with E-state index >= 15 is 4.39 Å². The second-order valence-corrected chi connectivity index (χ2v) is 12.6. The number of anilines is 1. The van der Waals surface area contributed by atoms with Gasteiger partial charge in [0.05, 0.1) is 5.02 Å². The lowest BCUT2D eigenvalue weighted by molar-refractivity contribution is -0.163.